The highest BCUT2D eigenvalue weighted by Crippen LogP contribution is 2.30. The van der Waals surface area contributed by atoms with E-state index in [-0.39, 0.29) is 6.61 Å². The molecule has 0 spiro atoms. The highest BCUT2D eigenvalue weighted by Gasteiger charge is 2.33. The van der Waals surface area contributed by atoms with Crippen LogP contribution in [-0.2, 0) is 6.18 Å². The average molecular weight is 275 g/mol. The van der Waals surface area contributed by atoms with Crippen molar-refractivity contribution in [1.29, 1.82) is 0 Å². The number of hydrogen-bond donors (Lipinski definition) is 1. The molecule has 1 heterocycles. The molecule has 0 amide bonds. The van der Waals surface area contributed by atoms with Gasteiger partial charge in [-0.25, -0.2) is 9.78 Å². The largest absolute Gasteiger partial charge is 0.477 e. The third kappa shape index (κ3) is 4.27. The van der Waals surface area contributed by atoms with E-state index in [0.29, 0.717) is 18.9 Å². The van der Waals surface area contributed by atoms with Crippen molar-refractivity contribution in [1.82, 2.24) is 4.98 Å². The van der Waals surface area contributed by atoms with Crippen LogP contribution >= 0.6 is 0 Å². The van der Waals surface area contributed by atoms with Gasteiger partial charge < -0.3 is 9.84 Å². The molecule has 7 heteroatoms. The summed E-state index contributed by atoms with van der Waals surface area (Å²) in [6, 6.07) is 1.45. The van der Waals surface area contributed by atoms with Crippen LogP contribution in [-0.4, -0.2) is 22.7 Å². The number of aromatic nitrogens is 1. The maximum Gasteiger partial charge on any atom is 0.433 e. The van der Waals surface area contributed by atoms with Gasteiger partial charge in [-0.05, 0) is 25.0 Å². The molecule has 0 aliphatic carbocycles. The third-order valence-electron chi connectivity index (χ3n) is 2.17. The van der Waals surface area contributed by atoms with Gasteiger partial charge >= 0.3 is 12.1 Å². The summed E-state index contributed by atoms with van der Waals surface area (Å²) in [6.07, 6.45) is -1.89. The number of allylic oxidation sites excluding steroid dienone is 1. The Morgan fingerprint density at radius 3 is 2.68 bits per heavy atom. The number of carboxylic acids is 1. The molecule has 0 saturated heterocycles. The monoisotopic (exact) mass is 275 g/mol. The van der Waals surface area contributed by atoms with Gasteiger partial charge in [-0.3, -0.25) is 0 Å². The molecule has 4 nitrogen and oxygen atoms in total. The summed E-state index contributed by atoms with van der Waals surface area (Å²) >= 11 is 0. The molecule has 0 atom stereocenters. The molecule has 1 rings (SSSR count). The zero-order chi connectivity index (χ0) is 14.5. The minimum absolute atomic E-state index is 0.0701. The first-order chi connectivity index (χ1) is 8.86. The third-order valence-corrected chi connectivity index (χ3v) is 2.17. The van der Waals surface area contributed by atoms with Crippen LogP contribution < -0.4 is 4.74 Å². The minimum atomic E-state index is -4.64. The lowest BCUT2D eigenvalue weighted by Gasteiger charge is -2.11. The van der Waals surface area contributed by atoms with Gasteiger partial charge in [-0.1, -0.05) is 6.08 Å². The zero-order valence-electron chi connectivity index (χ0n) is 9.91. The van der Waals surface area contributed by atoms with E-state index in [9.17, 15) is 18.0 Å². The number of pyridine rings is 1. The van der Waals surface area contributed by atoms with E-state index in [2.05, 4.69) is 11.6 Å². The summed E-state index contributed by atoms with van der Waals surface area (Å²) < 4.78 is 42.4. The van der Waals surface area contributed by atoms with Gasteiger partial charge in [0.2, 0.25) is 5.88 Å². The van der Waals surface area contributed by atoms with Crippen molar-refractivity contribution >= 4 is 5.97 Å². The van der Waals surface area contributed by atoms with Crippen molar-refractivity contribution < 1.29 is 27.8 Å². The van der Waals surface area contributed by atoms with E-state index in [1.165, 1.54) is 0 Å². The Hall–Kier alpha value is -2.05. The first-order valence-electron chi connectivity index (χ1n) is 5.41. The first kappa shape index (κ1) is 15.0. The Labute approximate surface area is 107 Å². The predicted molar refractivity (Wildman–Crippen MR) is 61.1 cm³/mol. The van der Waals surface area contributed by atoms with Crippen molar-refractivity contribution in [3.63, 3.8) is 0 Å². The summed E-state index contributed by atoms with van der Waals surface area (Å²) in [6.45, 7) is 3.55. The first-order valence-corrected chi connectivity index (χ1v) is 5.41. The summed E-state index contributed by atoms with van der Waals surface area (Å²) in [5, 5.41) is 8.84. The number of halogens is 3. The number of nitrogens with zero attached hydrogens (tertiary/aromatic N) is 1. The molecule has 0 fully saturated rings. The van der Waals surface area contributed by atoms with Crippen LogP contribution in [0, 0.1) is 0 Å². The summed E-state index contributed by atoms with van der Waals surface area (Å²) in [5.41, 5.74) is -1.58. The van der Waals surface area contributed by atoms with Gasteiger partial charge in [-0.2, -0.15) is 13.2 Å². The molecule has 0 bridgehead atoms. The number of carboxylic acid groups (broad SMARTS) is 1. The number of unbranched alkanes of at least 4 members (excludes halogenated alkanes) is 1. The lowest BCUT2D eigenvalue weighted by Crippen LogP contribution is -2.12. The molecule has 0 saturated carbocycles. The maximum atomic E-state index is 12.5. The topological polar surface area (TPSA) is 59.4 Å². The Kier molecular flexibility index (Phi) is 4.91. The molecular formula is C12H12F3NO3. The van der Waals surface area contributed by atoms with E-state index in [0.717, 1.165) is 6.07 Å². The summed E-state index contributed by atoms with van der Waals surface area (Å²) in [5.74, 6) is -1.91. The fraction of sp³-hybridized carbons (Fsp3) is 0.333. The van der Waals surface area contributed by atoms with Crippen LogP contribution in [0.25, 0.3) is 0 Å². The number of hydrogen-bond acceptors (Lipinski definition) is 3. The molecule has 19 heavy (non-hydrogen) atoms. The van der Waals surface area contributed by atoms with Gasteiger partial charge in [0, 0.05) is 0 Å². The summed E-state index contributed by atoms with van der Waals surface area (Å²) in [4.78, 5) is 14.1. The van der Waals surface area contributed by atoms with Crippen LogP contribution in [0.4, 0.5) is 13.2 Å². The lowest BCUT2D eigenvalue weighted by atomic mass is 10.2. The zero-order valence-corrected chi connectivity index (χ0v) is 9.91. The normalized spacial score (nSPS) is 11.1. The number of aromatic carboxylic acids is 1. The van der Waals surface area contributed by atoms with Crippen LogP contribution in [0.5, 0.6) is 5.88 Å². The lowest BCUT2D eigenvalue weighted by molar-refractivity contribution is -0.141. The number of carbonyl (C=O) groups is 1. The van der Waals surface area contributed by atoms with Crippen LogP contribution in [0.1, 0.15) is 28.9 Å². The van der Waals surface area contributed by atoms with Gasteiger partial charge in [0.25, 0.3) is 0 Å². The van der Waals surface area contributed by atoms with Crippen molar-refractivity contribution in [3.05, 3.63) is 36.0 Å². The smallest absolute Gasteiger partial charge is 0.433 e. The second-order valence-electron chi connectivity index (χ2n) is 3.63. The molecule has 0 aliphatic rings. The van der Waals surface area contributed by atoms with Crippen LogP contribution in [0.15, 0.2) is 24.8 Å². The highest BCUT2D eigenvalue weighted by atomic mass is 19.4. The SMILES string of the molecule is C=CCCCOc1nc(C(F)(F)F)ccc1C(=O)O. The van der Waals surface area contributed by atoms with E-state index in [4.69, 9.17) is 9.84 Å². The molecule has 0 radical (unpaired) electrons. The second kappa shape index (κ2) is 6.21. The fourth-order valence-corrected chi connectivity index (χ4v) is 1.27. The van der Waals surface area contributed by atoms with Crippen molar-refractivity contribution in [3.8, 4) is 5.88 Å². The van der Waals surface area contributed by atoms with Gasteiger partial charge in [0.05, 0.1) is 6.61 Å². The minimum Gasteiger partial charge on any atom is -0.477 e. The van der Waals surface area contributed by atoms with E-state index >= 15 is 0 Å². The predicted octanol–water partition coefficient (Wildman–Crippen LogP) is 3.14. The highest BCUT2D eigenvalue weighted by molar-refractivity contribution is 5.90. The molecule has 104 valence electrons. The number of alkyl halides is 3. The standard InChI is InChI=1S/C12H12F3NO3/c1-2-3-4-7-19-10-8(11(17)18)5-6-9(16-10)12(13,14)15/h2,5-6H,1,3-4,7H2,(H,17,18). The van der Waals surface area contributed by atoms with E-state index in [1.807, 2.05) is 0 Å². The molecule has 1 aromatic rings. The van der Waals surface area contributed by atoms with Gasteiger partial charge in [0.1, 0.15) is 11.3 Å². The fourth-order valence-electron chi connectivity index (χ4n) is 1.27. The molecule has 0 aliphatic heterocycles. The van der Waals surface area contributed by atoms with Crippen LogP contribution in [0.2, 0.25) is 0 Å². The Morgan fingerprint density at radius 2 is 2.16 bits per heavy atom. The van der Waals surface area contributed by atoms with Gasteiger partial charge in [0.15, 0.2) is 0 Å². The molecule has 1 aromatic heterocycles. The second-order valence-corrected chi connectivity index (χ2v) is 3.63. The van der Waals surface area contributed by atoms with E-state index in [1.54, 1.807) is 6.08 Å². The van der Waals surface area contributed by atoms with Crippen molar-refractivity contribution in [2.24, 2.45) is 0 Å². The van der Waals surface area contributed by atoms with Crippen molar-refractivity contribution in [2.75, 3.05) is 6.61 Å². The molecule has 0 unspecified atom stereocenters. The quantitative estimate of drug-likeness (QED) is 0.640. The summed E-state index contributed by atoms with van der Waals surface area (Å²) in [7, 11) is 0. The van der Waals surface area contributed by atoms with Crippen molar-refractivity contribution in [2.45, 2.75) is 19.0 Å². The number of ether oxygens (including phenoxy) is 1. The Bertz CT molecular complexity index is 472. The van der Waals surface area contributed by atoms with E-state index < -0.39 is 29.3 Å². The Morgan fingerprint density at radius 1 is 1.47 bits per heavy atom. The average Bonchev–Trinajstić information content (AvgIpc) is 2.33. The van der Waals surface area contributed by atoms with Crippen LogP contribution in [0.3, 0.4) is 0 Å². The molecule has 1 N–H and O–H groups in total. The number of rotatable bonds is 6. The molecular weight excluding hydrogens is 263 g/mol. The van der Waals surface area contributed by atoms with Gasteiger partial charge in [-0.15, -0.1) is 6.58 Å². The maximum absolute atomic E-state index is 12.5. The Balaban J connectivity index is 2.95. The molecule has 0 aromatic carbocycles.